The van der Waals surface area contributed by atoms with E-state index in [2.05, 4.69) is 15.4 Å². The van der Waals surface area contributed by atoms with Crippen LogP contribution < -0.4 is 4.74 Å². The average molecular weight is 381 g/mol. The second-order valence-corrected chi connectivity index (χ2v) is 7.19. The van der Waals surface area contributed by atoms with Crippen molar-refractivity contribution in [3.05, 3.63) is 64.2 Å². The van der Waals surface area contributed by atoms with Crippen molar-refractivity contribution < 1.29 is 14.5 Å². The predicted molar refractivity (Wildman–Crippen MR) is 101 cm³/mol. The number of hydrogen-bond acceptors (Lipinski definition) is 7. The van der Waals surface area contributed by atoms with Crippen molar-refractivity contribution >= 4 is 11.7 Å². The molecule has 3 aromatic rings. The summed E-state index contributed by atoms with van der Waals surface area (Å²) in [5, 5.41) is 23.3. The van der Waals surface area contributed by atoms with Crippen LogP contribution in [0.4, 0.5) is 5.69 Å². The van der Waals surface area contributed by atoms with E-state index in [0.29, 0.717) is 22.7 Å². The summed E-state index contributed by atoms with van der Waals surface area (Å²) >= 11 is 0. The van der Waals surface area contributed by atoms with Gasteiger partial charge >= 0.3 is 5.97 Å². The highest BCUT2D eigenvalue weighted by atomic mass is 16.6. The van der Waals surface area contributed by atoms with Gasteiger partial charge in [0.15, 0.2) is 0 Å². The molecule has 28 heavy (non-hydrogen) atoms. The molecule has 0 atom stereocenters. The van der Waals surface area contributed by atoms with Crippen molar-refractivity contribution in [1.29, 1.82) is 0 Å². The van der Waals surface area contributed by atoms with Gasteiger partial charge in [0.05, 0.1) is 22.4 Å². The van der Waals surface area contributed by atoms with E-state index >= 15 is 0 Å². The lowest BCUT2D eigenvalue weighted by atomic mass is 9.97. The fraction of sp³-hybridized carbons (Fsp3) is 0.263. The molecule has 9 heteroatoms. The Hall–Kier alpha value is -3.62. The summed E-state index contributed by atoms with van der Waals surface area (Å²) in [6.45, 7) is 5.47. The molecule has 2 aromatic carbocycles. The van der Waals surface area contributed by atoms with Crippen LogP contribution in [0.3, 0.4) is 0 Å². The lowest BCUT2D eigenvalue weighted by molar-refractivity contribution is -0.385. The van der Waals surface area contributed by atoms with Crippen LogP contribution >= 0.6 is 0 Å². The Kier molecular flexibility index (Phi) is 5.16. The average Bonchev–Trinajstić information content (AvgIpc) is 3.10. The second kappa shape index (κ2) is 7.55. The number of nitrogens with zero attached hydrogens (tertiary/aromatic N) is 5. The first kappa shape index (κ1) is 19.2. The van der Waals surface area contributed by atoms with Gasteiger partial charge < -0.3 is 4.74 Å². The van der Waals surface area contributed by atoms with Gasteiger partial charge in [0.2, 0.25) is 5.82 Å². The van der Waals surface area contributed by atoms with Crippen molar-refractivity contribution in [3.8, 4) is 17.1 Å². The predicted octanol–water partition coefficient (Wildman–Crippen LogP) is 3.25. The zero-order valence-electron chi connectivity index (χ0n) is 15.7. The van der Waals surface area contributed by atoms with E-state index in [-0.39, 0.29) is 18.2 Å². The number of ether oxygens (including phenoxy) is 1. The Labute approximate surface area is 161 Å². The summed E-state index contributed by atoms with van der Waals surface area (Å²) in [4.78, 5) is 23.9. The van der Waals surface area contributed by atoms with E-state index in [1.165, 1.54) is 10.9 Å². The van der Waals surface area contributed by atoms with E-state index in [1.807, 2.05) is 0 Å². The molecule has 3 rings (SSSR count). The van der Waals surface area contributed by atoms with Crippen molar-refractivity contribution in [1.82, 2.24) is 20.2 Å². The minimum atomic E-state index is -0.594. The molecule has 0 fully saturated rings. The third kappa shape index (κ3) is 4.37. The summed E-state index contributed by atoms with van der Waals surface area (Å²) in [6, 6.07) is 13.2. The zero-order valence-corrected chi connectivity index (χ0v) is 15.7. The molecular formula is C19H19N5O4. The number of nitro groups is 1. The van der Waals surface area contributed by atoms with Gasteiger partial charge in [-0.05, 0) is 50.3 Å². The third-order valence-corrected chi connectivity index (χ3v) is 3.89. The van der Waals surface area contributed by atoms with Gasteiger partial charge in [-0.25, -0.2) is 0 Å². The van der Waals surface area contributed by atoms with Crippen LogP contribution in [-0.2, 0) is 11.3 Å². The number of benzene rings is 2. The molecular weight excluding hydrogens is 362 g/mol. The lowest BCUT2D eigenvalue weighted by Crippen LogP contribution is -2.25. The molecule has 0 aliphatic heterocycles. The Morgan fingerprint density at radius 1 is 1.14 bits per heavy atom. The number of rotatable bonds is 5. The van der Waals surface area contributed by atoms with Crippen LogP contribution in [0.5, 0.6) is 5.75 Å². The van der Waals surface area contributed by atoms with Crippen molar-refractivity contribution in [2.24, 2.45) is 5.41 Å². The highest BCUT2D eigenvalue weighted by Crippen LogP contribution is 2.23. The summed E-state index contributed by atoms with van der Waals surface area (Å²) in [6.07, 6.45) is 0. The van der Waals surface area contributed by atoms with E-state index in [0.717, 1.165) is 0 Å². The van der Waals surface area contributed by atoms with Gasteiger partial charge in [-0.1, -0.05) is 18.2 Å². The van der Waals surface area contributed by atoms with Crippen molar-refractivity contribution in [2.75, 3.05) is 0 Å². The number of aromatic nitrogens is 4. The van der Waals surface area contributed by atoms with Crippen LogP contribution in [0.1, 0.15) is 26.3 Å². The zero-order chi connectivity index (χ0) is 20.3. The molecule has 9 nitrogen and oxygen atoms in total. The fourth-order valence-corrected chi connectivity index (χ4v) is 2.33. The van der Waals surface area contributed by atoms with Crippen molar-refractivity contribution in [2.45, 2.75) is 27.3 Å². The lowest BCUT2D eigenvalue weighted by Gasteiger charge is -2.16. The van der Waals surface area contributed by atoms with Gasteiger partial charge in [-0.15, -0.1) is 10.2 Å². The fourth-order valence-electron chi connectivity index (χ4n) is 2.33. The maximum Gasteiger partial charge on any atom is 0.316 e. The van der Waals surface area contributed by atoms with E-state index < -0.39 is 10.3 Å². The van der Waals surface area contributed by atoms with E-state index in [9.17, 15) is 14.9 Å². The number of esters is 1. The van der Waals surface area contributed by atoms with Crippen molar-refractivity contribution in [3.63, 3.8) is 0 Å². The van der Waals surface area contributed by atoms with Gasteiger partial charge in [0.25, 0.3) is 5.69 Å². The first-order chi connectivity index (χ1) is 13.2. The molecule has 0 spiro atoms. The van der Waals surface area contributed by atoms with Crippen LogP contribution in [-0.4, -0.2) is 31.1 Å². The van der Waals surface area contributed by atoms with Crippen LogP contribution in [0, 0.1) is 15.5 Å². The number of carbonyl (C=O) groups excluding carboxylic acids is 1. The highest BCUT2D eigenvalue weighted by Gasteiger charge is 2.23. The molecule has 0 radical (unpaired) electrons. The number of para-hydroxylation sites is 1. The molecule has 144 valence electrons. The molecule has 0 aliphatic carbocycles. The first-order valence-corrected chi connectivity index (χ1v) is 8.57. The molecule has 0 saturated carbocycles. The normalized spacial score (nSPS) is 11.2. The van der Waals surface area contributed by atoms with Gasteiger partial charge in [0, 0.05) is 11.6 Å². The van der Waals surface area contributed by atoms with Gasteiger partial charge in [0.1, 0.15) is 5.75 Å². The summed E-state index contributed by atoms with van der Waals surface area (Å²) < 4.78 is 5.33. The molecule has 0 unspecified atom stereocenters. The number of tetrazole rings is 1. The maximum absolute atomic E-state index is 11.9. The molecule has 0 saturated heterocycles. The number of carbonyl (C=O) groups is 1. The summed E-state index contributed by atoms with van der Waals surface area (Å²) in [7, 11) is 0. The number of hydrogen-bond donors (Lipinski definition) is 0. The summed E-state index contributed by atoms with van der Waals surface area (Å²) in [5.74, 6) is 0.469. The van der Waals surface area contributed by atoms with Crippen LogP contribution in [0.15, 0.2) is 48.5 Å². The molecule has 0 N–H and O–H groups in total. The Morgan fingerprint density at radius 2 is 1.82 bits per heavy atom. The minimum Gasteiger partial charge on any atom is -0.426 e. The van der Waals surface area contributed by atoms with Crippen LogP contribution in [0.25, 0.3) is 11.4 Å². The molecule has 0 bridgehead atoms. The highest BCUT2D eigenvalue weighted by molar-refractivity contribution is 5.78. The Balaban J connectivity index is 1.74. The Morgan fingerprint density at radius 3 is 2.46 bits per heavy atom. The second-order valence-electron chi connectivity index (χ2n) is 7.19. The van der Waals surface area contributed by atoms with E-state index in [1.54, 1.807) is 63.2 Å². The number of nitro benzene ring substituents is 1. The van der Waals surface area contributed by atoms with Gasteiger partial charge in [-0.3, -0.25) is 14.9 Å². The maximum atomic E-state index is 11.9. The SMILES string of the molecule is CC(C)(C)C(=O)Oc1ccc(-c2nnn(Cc3ccccc3[N+](=O)[O-])n2)cc1. The monoisotopic (exact) mass is 381 g/mol. The topological polar surface area (TPSA) is 113 Å². The molecule has 0 aliphatic rings. The first-order valence-electron chi connectivity index (χ1n) is 8.57. The van der Waals surface area contributed by atoms with Crippen LogP contribution in [0.2, 0.25) is 0 Å². The molecule has 1 aromatic heterocycles. The minimum absolute atomic E-state index is 0.00590. The standard InChI is InChI=1S/C19H19N5O4/c1-19(2,3)18(25)28-15-10-8-13(9-11-15)17-20-22-23(21-17)12-14-6-4-5-7-16(14)24(26)27/h4-11H,12H2,1-3H3. The largest absolute Gasteiger partial charge is 0.426 e. The van der Waals surface area contributed by atoms with E-state index in [4.69, 9.17) is 4.74 Å². The summed E-state index contributed by atoms with van der Waals surface area (Å²) in [5.41, 5.74) is 0.583. The quantitative estimate of drug-likeness (QED) is 0.288. The van der Waals surface area contributed by atoms with Gasteiger partial charge in [-0.2, -0.15) is 4.80 Å². The third-order valence-electron chi connectivity index (χ3n) is 3.89. The Bertz CT molecular complexity index is 1010. The molecule has 1 heterocycles. The molecule has 0 amide bonds. The smallest absolute Gasteiger partial charge is 0.316 e.